The lowest BCUT2D eigenvalue weighted by molar-refractivity contribution is -0.126. The quantitative estimate of drug-likeness (QED) is 0.713. The number of nitrogens with one attached hydrogen (secondary N) is 2. The molecule has 0 aliphatic heterocycles. The van der Waals surface area contributed by atoms with E-state index in [2.05, 4.69) is 43.5 Å². The first-order chi connectivity index (χ1) is 10.3. The summed E-state index contributed by atoms with van der Waals surface area (Å²) in [7, 11) is 0. The van der Waals surface area contributed by atoms with Gasteiger partial charge in [-0.1, -0.05) is 43.2 Å². The summed E-state index contributed by atoms with van der Waals surface area (Å²) in [6.07, 6.45) is 3.70. The van der Waals surface area contributed by atoms with Gasteiger partial charge in [0.2, 0.25) is 5.91 Å². The van der Waals surface area contributed by atoms with Crippen molar-refractivity contribution in [2.24, 2.45) is 5.73 Å². The molecule has 0 spiro atoms. The number of amides is 1. The number of benzene rings is 1. The van der Waals surface area contributed by atoms with Crippen LogP contribution in [-0.4, -0.2) is 23.5 Å². The largest absolute Gasteiger partial charge is 0.353 e. The van der Waals surface area contributed by atoms with Crippen LogP contribution in [0.5, 0.6) is 0 Å². The molecule has 0 heterocycles. The van der Waals surface area contributed by atoms with Crippen molar-refractivity contribution in [1.82, 2.24) is 10.6 Å². The Kier molecular flexibility index (Phi) is 9.29. The molecule has 138 valence electrons. The van der Waals surface area contributed by atoms with E-state index in [-0.39, 0.29) is 42.3 Å². The Morgan fingerprint density at radius 3 is 2.29 bits per heavy atom. The third kappa shape index (κ3) is 6.25. The van der Waals surface area contributed by atoms with Crippen molar-refractivity contribution in [1.29, 1.82) is 0 Å². The molecule has 4 N–H and O–H groups in total. The lowest BCUT2D eigenvalue weighted by Crippen LogP contribution is -2.57. The average Bonchev–Trinajstić information content (AvgIpc) is 2.93. The van der Waals surface area contributed by atoms with Crippen molar-refractivity contribution in [3.63, 3.8) is 0 Å². The van der Waals surface area contributed by atoms with Crippen LogP contribution in [0.2, 0.25) is 0 Å². The highest BCUT2D eigenvalue weighted by atomic mass is 35.5. The van der Waals surface area contributed by atoms with Crippen LogP contribution < -0.4 is 16.4 Å². The van der Waals surface area contributed by atoms with E-state index in [0.29, 0.717) is 6.54 Å². The lowest BCUT2D eigenvalue weighted by Gasteiger charge is -2.32. The Labute approximate surface area is 158 Å². The molecule has 0 saturated heterocycles. The van der Waals surface area contributed by atoms with Crippen molar-refractivity contribution in [3.05, 3.63) is 35.9 Å². The van der Waals surface area contributed by atoms with Gasteiger partial charge in [-0.3, -0.25) is 4.79 Å². The lowest BCUT2D eigenvalue weighted by atomic mass is 9.96. The zero-order chi connectivity index (χ0) is 16.2. The normalized spacial score (nSPS) is 17.3. The SMILES string of the molecule is CC(NC(C)(C)CNC(=O)C1(N)CCCC1)c1ccccc1.Cl.Cl. The molecule has 1 unspecified atom stereocenters. The monoisotopic (exact) mass is 375 g/mol. The smallest absolute Gasteiger partial charge is 0.240 e. The van der Waals surface area contributed by atoms with Crippen LogP contribution in [0.1, 0.15) is 58.1 Å². The van der Waals surface area contributed by atoms with Crippen LogP contribution in [0.3, 0.4) is 0 Å². The Hall–Kier alpha value is -0.810. The molecule has 1 aromatic rings. The van der Waals surface area contributed by atoms with E-state index in [1.165, 1.54) is 5.56 Å². The minimum Gasteiger partial charge on any atom is -0.353 e. The van der Waals surface area contributed by atoms with Gasteiger partial charge in [-0.15, -0.1) is 24.8 Å². The summed E-state index contributed by atoms with van der Waals surface area (Å²) >= 11 is 0. The van der Waals surface area contributed by atoms with Gasteiger partial charge in [0, 0.05) is 18.1 Å². The van der Waals surface area contributed by atoms with E-state index >= 15 is 0 Å². The maximum Gasteiger partial charge on any atom is 0.240 e. The second-order valence-electron chi connectivity index (χ2n) is 7.21. The predicted octanol–water partition coefficient (Wildman–Crippen LogP) is 3.35. The van der Waals surface area contributed by atoms with Gasteiger partial charge in [0.15, 0.2) is 0 Å². The first-order valence-corrected chi connectivity index (χ1v) is 8.22. The van der Waals surface area contributed by atoms with Gasteiger partial charge in [0.25, 0.3) is 0 Å². The second-order valence-corrected chi connectivity index (χ2v) is 7.21. The van der Waals surface area contributed by atoms with E-state index in [0.717, 1.165) is 25.7 Å². The van der Waals surface area contributed by atoms with Crippen LogP contribution >= 0.6 is 24.8 Å². The fourth-order valence-electron chi connectivity index (χ4n) is 3.17. The van der Waals surface area contributed by atoms with Crippen LogP contribution in [0.15, 0.2) is 30.3 Å². The molecule has 0 radical (unpaired) electrons. The van der Waals surface area contributed by atoms with Gasteiger partial charge in [-0.2, -0.15) is 0 Å². The van der Waals surface area contributed by atoms with Crippen molar-refractivity contribution < 1.29 is 4.79 Å². The molecule has 1 aliphatic carbocycles. The fourth-order valence-corrected chi connectivity index (χ4v) is 3.17. The van der Waals surface area contributed by atoms with E-state index in [1.54, 1.807) is 0 Å². The Morgan fingerprint density at radius 2 is 1.75 bits per heavy atom. The molecule has 0 aromatic heterocycles. The number of hydrogen-bond acceptors (Lipinski definition) is 3. The molecule has 1 atom stereocenters. The van der Waals surface area contributed by atoms with Crippen molar-refractivity contribution in [3.8, 4) is 0 Å². The van der Waals surface area contributed by atoms with Gasteiger partial charge < -0.3 is 16.4 Å². The van der Waals surface area contributed by atoms with E-state index in [1.807, 2.05) is 18.2 Å². The highest BCUT2D eigenvalue weighted by Gasteiger charge is 2.37. The summed E-state index contributed by atoms with van der Waals surface area (Å²) in [4.78, 5) is 12.3. The van der Waals surface area contributed by atoms with Gasteiger partial charge in [0.05, 0.1) is 5.54 Å². The first-order valence-electron chi connectivity index (χ1n) is 8.22. The molecular weight excluding hydrogens is 345 g/mol. The number of carbonyl (C=O) groups is 1. The molecule has 1 aliphatic rings. The van der Waals surface area contributed by atoms with Crippen molar-refractivity contribution in [2.75, 3.05) is 6.54 Å². The van der Waals surface area contributed by atoms with Gasteiger partial charge in [-0.05, 0) is 39.2 Å². The highest BCUT2D eigenvalue weighted by Crippen LogP contribution is 2.27. The standard InChI is InChI=1S/C18H29N3O.2ClH/c1-14(15-9-5-4-6-10-15)21-17(2,3)13-20-16(22)18(19)11-7-8-12-18;;/h4-6,9-10,14,21H,7-8,11-13,19H2,1-3H3,(H,20,22);2*1H. The van der Waals surface area contributed by atoms with Gasteiger partial charge >= 0.3 is 0 Å². The predicted molar refractivity (Wildman–Crippen MR) is 105 cm³/mol. The molecule has 4 nitrogen and oxygen atoms in total. The highest BCUT2D eigenvalue weighted by molar-refractivity contribution is 5.86. The maximum absolute atomic E-state index is 12.3. The van der Waals surface area contributed by atoms with Gasteiger partial charge in [-0.25, -0.2) is 0 Å². The van der Waals surface area contributed by atoms with E-state index in [4.69, 9.17) is 5.73 Å². The number of hydrogen-bond donors (Lipinski definition) is 3. The number of halogens is 2. The molecule has 6 heteroatoms. The van der Waals surface area contributed by atoms with Gasteiger partial charge in [0.1, 0.15) is 0 Å². The summed E-state index contributed by atoms with van der Waals surface area (Å²) < 4.78 is 0. The second kappa shape index (κ2) is 9.62. The third-order valence-corrected chi connectivity index (χ3v) is 4.55. The minimum atomic E-state index is -0.652. The molecule has 24 heavy (non-hydrogen) atoms. The molecular formula is C18H31Cl2N3O. The molecule has 1 aromatic carbocycles. The van der Waals surface area contributed by atoms with Crippen LogP contribution in [-0.2, 0) is 4.79 Å². The van der Waals surface area contributed by atoms with Crippen LogP contribution in [0.25, 0.3) is 0 Å². The molecule has 1 amide bonds. The summed E-state index contributed by atoms with van der Waals surface area (Å²) in [6, 6.07) is 10.6. The fraction of sp³-hybridized carbons (Fsp3) is 0.611. The molecule has 1 fully saturated rings. The number of nitrogens with two attached hydrogens (primary N) is 1. The Balaban J connectivity index is 0.00000264. The van der Waals surface area contributed by atoms with Crippen LogP contribution in [0.4, 0.5) is 0 Å². The first kappa shape index (κ1) is 23.2. The summed E-state index contributed by atoms with van der Waals surface area (Å²) in [5.74, 6) is -0.00719. The van der Waals surface area contributed by atoms with Crippen LogP contribution in [0, 0.1) is 0 Å². The van der Waals surface area contributed by atoms with Crippen molar-refractivity contribution in [2.45, 2.75) is 63.6 Å². The molecule has 0 bridgehead atoms. The zero-order valence-corrected chi connectivity index (χ0v) is 16.4. The minimum absolute atomic E-state index is 0. The Morgan fingerprint density at radius 1 is 1.21 bits per heavy atom. The van der Waals surface area contributed by atoms with Crippen molar-refractivity contribution >= 4 is 30.7 Å². The number of rotatable bonds is 6. The van der Waals surface area contributed by atoms with E-state index < -0.39 is 5.54 Å². The van der Waals surface area contributed by atoms with E-state index in [9.17, 15) is 4.79 Å². The number of carbonyl (C=O) groups excluding carboxylic acids is 1. The topological polar surface area (TPSA) is 67.1 Å². The average molecular weight is 376 g/mol. The summed E-state index contributed by atoms with van der Waals surface area (Å²) in [5, 5.41) is 6.61. The third-order valence-electron chi connectivity index (χ3n) is 4.55. The zero-order valence-electron chi connectivity index (χ0n) is 14.8. The maximum atomic E-state index is 12.3. The summed E-state index contributed by atoms with van der Waals surface area (Å²) in [5.41, 5.74) is 6.59. The Bertz CT molecular complexity index is 502. The summed E-state index contributed by atoms with van der Waals surface area (Å²) in [6.45, 7) is 6.91. The molecule has 1 saturated carbocycles. The molecule has 2 rings (SSSR count).